The molecule has 0 bridgehead atoms. The molecule has 2 rings (SSSR count). The highest BCUT2D eigenvalue weighted by molar-refractivity contribution is 9.10. The van der Waals surface area contributed by atoms with E-state index in [4.69, 9.17) is 5.73 Å². The van der Waals surface area contributed by atoms with E-state index in [1.165, 1.54) is 17.8 Å². The maximum atomic E-state index is 11.3. The van der Waals surface area contributed by atoms with Crippen LogP contribution in [-0.4, -0.2) is 15.8 Å². The molecule has 0 aliphatic heterocycles. The zero-order chi connectivity index (χ0) is 12.4. The number of nitrogen functional groups attached to an aromatic ring is 1. The van der Waals surface area contributed by atoms with E-state index >= 15 is 0 Å². The van der Waals surface area contributed by atoms with Crippen molar-refractivity contribution in [3.05, 3.63) is 45.2 Å². The number of benzene rings is 1. The van der Waals surface area contributed by atoms with Crippen molar-refractivity contribution in [1.29, 1.82) is 0 Å². The smallest absolute Gasteiger partial charge is 0.275 e. The Bertz CT molecular complexity index is 595. The number of anilines is 1. The summed E-state index contributed by atoms with van der Waals surface area (Å²) in [6, 6.07) is 8.97. The number of halogens is 1. The van der Waals surface area contributed by atoms with Gasteiger partial charge in [0.1, 0.15) is 5.82 Å². The lowest BCUT2D eigenvalue weighted by Crippen LogP contribution is -2.16. The molecule has 1 heterocycles. The monoisotopic (exact) mass is 311 g/mol. The third-order valence-electron chi connectivity index (χ3n) is 2.19. The molecule has 0 saturated heterocycles. The van der Waals surface area contributed by atoms with E-state index in [1.807, 2.05) is 30.5 Å². The van der Waals surface area contributed by atoms with Gasteiger partial charge in [-0.15, -0.1) is 0 Å². The van der Waals surface area contributed by atoms with Gasteiger partial charge in [-0.1, -0.05) is 27.7 Å². The van der Waals surface area contributed by atoms with Crippen LogP contribution in [0.4, 0.5) is 5.82 Å². The zero-order valence-electron chi connectivity index (χ0n) is 9.05. The van der Waals surface area contributed by atoms with Crippen LogP contribution in [0.5, 0.6) is 0 Å². The molecule has 2 N–H and O–H groups in total. The van der Waals surface area contributed by atoms with Crippen molar-refractivity contribution >= 4 is 33.5 Å². The van der Waals surface area contributed by atoms with Crippen LogP contribution in [0.1, 0.15) is 0 Å². The van der Waals surface area contributed by atoms with Gasteiger partial charge in [0, 0.05) is 16.2 Å². The third-order valence-corrected chi connectivity index (χ3v) is 3.36. The highest BCUT2D eigenvalue weighted by Gasteiger charge is 2.08. The number of thioether (sulfide) groups is 1. The molecule has 0 unspecified atom stereocenters. The maximum absolute atomic E-state index is 11.3. The van der Waals surface area contributed by atoms with Crippen LogP contribution in [-0.2, 0) is 0 Å². The molecule has 0 atom stereocenters. The lowest BCUT2D eigenvalue weighted by Gasteiger charge is -2.13. The fourth-order valence-corrected chi connectivity index (χ4v) is 2.30. The quantitative estimate of drug-likeness (QED) is 0.683. The Kier molecular flexibility index (Phi) is 3.54. The standard InChI is InChI=1S/C11H10BrN3OS/c1-17-11-14-10(16)6-9(13)15(11)8-4-2-7(12)3-5-8/h2-6H,13H2,1H3. The summed E-state index contributed by atoms with van der Waals surface area (Å²) in [4.78, 5) is 15.2. The van der Waals surface area contributed by atoms with Gasteiger partial charge in [0.2, 0.25) is 0 Å². The molecule has 4 nitrogen and oxygen atoms in total. The van der Waals surface area contributed by atoms with Gasteiger partial charge in [-0.05, 0) is 30.5 Å². The summed E-state index contributed by atoms with van der Waals surface area (Å²) < 4.78 is 2.73. The zero-order valence-corrected chi connectivity index (χ0v) is 11.5. The largest absolute Gasteiger partial charge is 0.385 e. The number of rotatable bonds is 2. The van der Waals surface area contributed by atoms with Gasteiger partial charge >= 0.3 is 0 Å². The minimum Gasteiger partial charge on any atom is -0.385 e. The fraction of sp³-hybridized carbons (Fsp3) is 0.0909. The van der Waals surface area contributed by atoms with Gasteiger partial charge in [0.15, 0.2) is 5.16 Å². The average molecular weight is 312 g/mol. The van der Waals surface area contributed by atoms with Crippen LogP contribution in [0.2, 0.25) is 0 Å². The molecule has 1 aromatic heterocycles. The van der Waals surface area contributed by atoms with Gasteiger partial charge in [0.05, 0.1) is 0 Å². The minimum atomic E-state index is -0.319. The van der Waals surface area contributed by atoms with Crippen LogP contribution < -0.4 is 11.3 Å². The highest BCUT2D eigenvalue weighted by Crippen LogP contribution is 2.21. The first kappa shape index (κ1) is 12.2. The number of hydrogen-bond donors (Lipinski definition) is 1. The van der Waals surface area contributed by atoms with Crippen LogP contribution in [0, 0.1) is 0 Å². The van der Waals surface area contributed by atoms with Crippen molar-refractivity contribution in [1.82, 2.24) is 9.55 Å². The summed E-state index contributed by atoms with van der Waals surface area (Å²) in [5.74, 6) is 0.386. The second kappa shape index (κ2) is 4.93. The van der Waals surface area contributed by atoms with Gasteiger partial charge < -0.3 is 5.73 Å². The first-order valence-corrected chi connectivity index (χ1v) is 6.83. The molecule has 0 aliphatic rings. The van der Waals surface area contributed by atoms with E-state index in [0.717, 1.165) is 10.2 Å². The number of aromatic nitrogens is 2. The van der Waals surface area contributed by atoms with E-state index in [-0.39, 0.29) is 5.56 Å². The van der Waals surface area contributed by atoms with E-state index < -0.39 is 0 Å². The number of hydrogen-bond acceptors (Lipinski definition) is 4. The van der Waals surface area contributed by atoms with E-state index in [9.17, 15) is 4.79 Å². The van der Waals surface area contributed by atoms with Crippen LogP contribution in [0.3, 0.4) is 0 Å². The van der Waals surface area contributed by atoms with Crippen LogP contribution in [0.25, 0.3) is 5.69 Å². The molecular formula is C11H10BrN3OS. The van der Waals surface area contributed by atoms with Crippen molar-refractivity contribution in [2.45, 2.75) is 5.16 Å². The molecule has 0 radical (unpaired) electrons. The molecule has 0 amide bonds. The molecule has 1 aromatic carbocycles. The Morgan fingerprint density at radius 1 is 1.35 bits per heavy atom. The van der Waals surface area contributed by atoms with Crippen LogP contribution >= 0.6 is 27.7 Å². The van der Waals surface area contributed by atoms with E-state index in [2.05, 4.69) is 20.9 Å². The third kappa shape index (κ3) is 2.53. The Labute approximate surface area is 111 Å². The Morgan fingerprint density at radius 3 is 2.59 bits per heavy atom. The highest BCUT2D eigenvalue weighted by atomic mass is 79.9. The summed E-state index contributed by atoms with van der Waals surface area (Å²) >= 11 is 4.76. The lowest BCUT2D eigenvalue weighted by atomic mass is 10.3. The van der Waals surface area contributed by atoms with Gasteiger partial charge in [-0.3, -0.25) is 9.36 Å². The van der Waals surface area contributed by atoms with Gasteiger partial charge in [0.25, 0.3) is 5.56 Å². The summed E-state index contributed by atoms with van der Waals surface area (Å²) in [5.41, 5.74) is 6.42. The van der Waals surface area contributed by atoms with Crippen molar-refractivity contribution in [3.63, 3.8) is 0 Å². The lowest BCUT2D eigenvalue weighted by molar-refractivity contribution is 0.825. The predicted molar refractivity (Wildman–Crippen MR) is 73.7 cm³/mol. The summed E-state index contributed by atoms with van der Waals surface area (Å²) in [7, 11) is 0. The second-order valence-electron chi connectivity index (χ2n) is 3.32. The molecule has 88 valence electrons. The molecule has 0 aliphatic carbocycles. The summed E-state index contributed by atoms with van der Waals surface area (Å²) in [5, 5.41) is 0.581. The topological polar surface area (TPSA) is 60.9 Å². The van der Waals surface area contributed by atoms with Gasteiger partial charge in [-0.2, -0.15) is 4.98 Å². The summed E-state index contributed by atoms with van der Waals surface area (Å²) in [6.45, 7) is 0. The molecule has 17 heavy (non-hydrogen) atoms. The van der Waals surface area contributed by atoms with Crippen molar-refractivity contribution in [3.8, 4) is 5.69 Å². The SMILES string of the molecule is CSc1nc(=O)cc(N)n1-c1ccc(Br)cc1. The van der Waals surface area contributed by atoms with Crippen molar-refractivity contribution in [2.24, 2.45) is 0 Å². The van der Waals surface area contributed by atoms with Crippen molar-refractivity contribution in [2.75, 3.05) is 12.0 Å². The molecular weight excluding hydrogens is 302 g/mol. The molecule has 0 saturated carbocycles. The normalized spacial score (nSPS) is 10.5. The first-order valence-electron chi connectivity index (χ1n) is 4.81. The van der Waals surface area contributed by atoms with E-state index in [1.54, 1.807) is 4.57 Å². The van der Waals surface area contributed by atoms with E-state index in [0.29, 0.717) is 11.0 Å². The van der Waals surface area contributed by atoms with Crippen LogP contribution in [0.15, 0.2) is 44.8 Å². The average Bonchev–Trinajstić information content (AvgIpc) is 2.30. The number of nitrogens with zero attached hydrogens (tertiary/aromatic N) is 2. The molecule has 6 heteroatoms. The predicted octanol–water partition coefficient (Wildman–Crippen LogP) is 2.30. The molecule has 0 fully saturated rings. The Balaban J connectivity index is 2.65. The second-order valence-corrected chi connectivity index (χ2v) is 5.01. The van der Waals surface area contributed by atoms with Crippen molar-refractivity contribution < 1.29 is 0 Å². The minimum absolute atomic E-state index is 0.319. The fourth-order valence-electron chi connectivity index (χ4n) is 1.46. The summed E-state index contributed by atoms with van der Waals surface area (Å²) in [6.07, 6.45) is 1.86. The Hall–Kier alpha value is -1.27. The molecule has 0 spiro atoms. The molecule has 2 aromatic rings. The Morgan fingerprint density at radius 2 is 2.00 bits per heavy atom. The maximum Gasteiger partial charge on any atom is 0.275 e. The first-order chi connectivity index (χ1) is 8.11. The number of nitrogens with two attached hydrogens (primary N) is 1. The van der Waals surface area contributed by atoms with Gasteiger partial charge in [-0.25, -0.2) is 0 Å².